The highest BCUT2D eigenvalue weighted by Gasteiger charge is 2.46. The topological polar surface area (TPSA) is 321 Å². The molecule has 0 bridgehead atoms. The fourth-order valence-corrected chi connectivity index (χ4v) is 11.3. The van der Waals surface area contributed by atoms with Crippen LogP contribution in [0.5, 0.6) is 0 Å². The number of carbonyl (C=O) groups is 11. The van der Waals surface area contributed by atoms with E-state index in [0.717, 1.165) is 14.7 Å². The smallest absolute Gasteiger partial charge is 0.246 e. The van der Waals surface area contributed by atoms with Crippen molar-refractivity contribution in [2.45, 2.75) is 241 Å². The molecule has 1 aliphatic heterocycles. The molecule has 0 unspecified atom stereocenters. The number of allylic oxidation sites excluding steroid dienone is 2. The van der Waals surface area contributed by atoms with Crippen molar-refractivity contribution in [1.29, 1.82) is 0 Å². The van der Waals surface area contributed by atoms with Gasteiger partial charge in [0.1, 0.15) is 66.5 Å². The fraction of sp³-hybridized carbons (Fsp3) is 0.785. The molecule has 1 fully saturated rings. The van der Waals surface area contributed by atoms with Crippen molar-refractivity contribution in [3.8, 4) is 0 Å². The van der Waals surface area contributed by atoms with E-state index in [1.165, 1.54) is 95.9 Å². The molecule has 1 rings (SSSR count). The first-order valence-electron chi connectivity index (χ1n) is 32.3. The van der Waals surface area contributed by atoms with Gasteiger partial charge in [0.2, 0.25) is 65.0 Å². The minimum Gasteiger partial charge on any atom is -0.411 e. The van der Waals surface area contributed by atoms with Gasteiger partial charge in [-0.1, -0.05) is 95.2 Å². The van der Waals surface area contributed by atoms with Gasteiger partial charge in [-0.15, -0.1) is 5.16 Å². The normalized spacial score (nSPS) is 27.1. The molecule has 0 spiro atoms. The average molecular weight is 1290 g/mol. The quantitative estimate of drug-likeness (QED) is 0.0356. The second-order valence-electron chi connectivity index (χ2n) is 26.8. The van der Waals surface area contributed by atoms with Crippen LogP contribution in [0.1, 0.15) is 163 Å². The van der Waals surface area contributed by atoms with Crippen molar-refractivity contribution < 1.29 is 67.8 Å². The van der Waals surface area contributed by atoms with Crippen LogP contribution in [0.15, 0.2) is 17.3 Å². The number of rotatable bonds is 19. The van der Waals surface area contributed by atoms with E-state index >= 15 is 14.4 Å². The molecule has 26 nitrogen and oxygen atoms in total. The lowest BCUT2D eigenvalue weighted by molar-refractivity contribution is -0.157. The Kier molecular flexibility index (Phi) is 34.7. The standard InChI is InChI=1S/C65H116N12O14/c1-25-27-30-41(13)54(78)53-58(82)69-46(26-2)61(85)71(18)44(16)60(84)76(23)52(45(17)91-32-29-28-31-66-90)57(81)70-50(39(9)10)64(88)72(19)47(33-36(3)4)56(80)67-42(14)55(79)68-43(15)59(83)73(20)48(34-37(5)6)62(86)74(21)49(35-38(7)8)63(87)75(22)51(40(11)12)65(89)77(53)24/h25,27,31,36-54,78,90H,26,28-30,32-35H2,1-24H3,(H,67,80)(H,68,79)(H,69,82)(H,70,81)/b27-25+,66-31+/t41-,42+,43+,44-,45-,46+,47-,48+,49-,50+,51+,52+,53+,54-/m1/s1. The molecule has 14 atom stereocenters. The molecule has 6 N–H and O–H groups in total. The molecule has 0 aliphatic carbocycles. The van der Waals surface area contributed by atoms with Crippen LogP contribution in [0.25, 0.3) is 0 Å². The molecule has 91 heavy (non-hydrogen) atoms. The summed E-state index contributed by atoms with van der Waals surface area (Å²) in [6, 6.07) is -14.4. The molecule has 1 saturated heterocycles. The first-order valence-corrected chi connectivity index (χ1v) is 32.3. The Hall–Kier alpha value is -6.70. The number of oxime groups is 1. The third-order valence-corrected chi connectivity index (χ3v) is 17.2. The maximum absolute atomic E-state index is 15.2. The van der Waals surface area contributed by atoms with Crippen LogP contribution in [-0.2, 0) is 57.5 Å². The van der Waals surface area contributed by atoms with E-state index in [-0.39, 0.29) is 56.5 Å². The SMILES string of the molecule is C/C=C/C[C@@H](C)[C@@H](O)[C@H]1C(=O)N[C@@H](CC)C(=O)N(C)[C@H](C)C(=O)N(C)[C@@H]([C@@H](C)OCCC/C=N/O)C(=O)N[C@@H](C(C)C)C(=O)N(C)[C@H](CC(C)C)C(=O)N[C@@H](C)C(=O)N[C@@H](C)C(=O)N(C)[C@@H](CC(C)C)C(=O)N(C)[C@H](CC(C)C)C(=O)N(C)[C@@H](C(C)C)C(=O)N1C. The Morgan fingerprint density at radius 1 is 0.505 bits per heavy atom. The molecule has 0 aromatic heterocycles. The number of hydrogen-bond acceptors (Lipinski definition) is 15. The highest BCUT2D eigenvalue weighted by atomic mass is 16.5. The van der Waals surface area contributed by atoms with Gasteiger partial charge in [-0.25, -0.2) is 0 Å². The van der Waals surface area contributed by atoms with Crippen LogP contribution in [0.3, 0.4) is 0 Å². The summed E-state index contributed by atoms with van der Waals surface area (Å²) in [4.78, 5) is 171. The molecule has 0 aromatic carbocycles. The van der Waals surface area contributed by atoms with Gasteiger partial charge in [0.05, 0.1) is 12.2 Å². The molecule has 0 aromatic rings. The number of aliphatic hydroxyl groups is 1. The predicted octanol–water partition coefficient (Wildman–Crippen LogP) is 3.26. The van der Waals surface area contributed by atoms with E-state index < -0.39 is 161 Å². The van der Waals surface area contributed by atoms with Crippen LogP contribution in [-0.4, -0.2) is 250 Å². The van der Waals surface area contributed by atoms with E-state index in [9.17, 15) is 43.5 Å². The number of ether oxygens (including phenoxy) is 1. The highest BCUT2D eigenvalue weighted by Crippen LogP contribution is 2.26. The number of nitrogens with zero attached hydrogens (tertiary/aromatic N) is 8. The van der Waals surface area contributed by atoms with Gasteiger partial charge in [0, 0.05) is 62.2 Å². The van der Waals surface area contributed by atoms with Crippen molar-refractivity contribution in [3.05, 3.63) is 12.2 Å². The number of amides is 11. The number of unbranched alkanes of at least 4 members (excludes halogenated alkanes) is 1. The molecule has 0 saturated carbocycles. The van der Waals surface area contributed by atoms with Gasteiger partial charge in [0.15, 0.2) is 0 Å². The van der Waals surface area contributed by atoms with Crippen molar-refractivity contribution in [2.24, 2.45) is 40.7 Å². The third kappa shape index (κ3) is 23.1. The second-order valence-corrected chi connectivity index (χ2v) is 26.8. The third-order valence-electron chi connectivity index (χ3n) is 17.2. The van der Waals surface area contributed by atoms with Gasteiger partial charge < -0.3 is 70.6 Å². The minimum absolute atomic E-state index is 0.0275. The van der Waals surface area contributed by atoms with Crippen molar-refractivity contribution >= 4 is 71.2 Å². The molecule has 0 radical (unpaired) electrons. The van der Waals surface area contributed by atoms with Gasteiger partial charge in [-0.3, -0.25) is 52.7 Å². The minimum atomic E-state index is -1.65. The van der Waals surface area contributed by atoms with E-state index in [4.69, 9.17) is 9.94 Å². The van der Waals surface area contributed by atoms with Crippen molar-refractivity contribution in [2.75, 3.05) is 55.9 Å². The largest absolute Gasteiger partial charge is 0.411 e. The summed E-state index contributed by atoms with van der Waals surface area (Å²) < 4.78 is 6.11. The van der Waals surface area contributed by atoms with Crippen molar-refractivity contribution in [1.82, 2.24) is 55.6 Å². The predicted molar refractivity (Wildman–Crippen MR) is 349 cm³/mol. The van der Waals surface area contributed by atoms with Crippen LogP contribution >= 0.6 is 0 Å². The number of nitrogens with one attached hydrogen (secondary N) is 4. The second kappa shape index (κ2) is 38.3. The maximum Gasteiger partial charge on any atom is 0.246 e. The van der Waals surface area contributed by atoms with Gasteiger partial charge in [0.25, 0.3) is 0 Å². The summed E-state index contributed by atoms with van der Waals surface area (Å²) in [7, 11) is 9.74. The van der Waals surface area contributed by atoms with E-state index in [2.05, 4.69) is 26.4 Å². The Bertz CT molecular complexity index is 2510. The monoisotopic (exact) mass is 1290 g/mol. The summed E-state index contributed by atoms with van der Waals surface area (Å²) in [6.45, 7) is 28.9. The summed E-state index contributed by atoms with van der Waals surface area (Å²) in [5.74, 6) is -10.4. The van der Waals surface area contributed by atoms with Gasteiger partial charge in [-0.2, -0.15) is 0 Å². The number of likely N-dealkylation sites (N-methyl/N-ethyl adjacent to an activating group) is 7. The van der Waals surface area contributed by atoms with E-state index in [1.807, 2.05) is 41.5 Å². The summed E-state index contributed by atoms with van der Waals surface area (Å²) in [5.41, 5.74) is 0. The van der Waals surface area contributed by atoms with Crippen LogP contribution in [0.2, 0.25) is 0 Å². The summed E-state index contributed by atoms with van der Waals surface area (Å²) in [5, 5.41) is 35.1. The molecule has 26 heteroatoms. The lowest BCUT2D eigenvalue weighted by atomic mass is 9.91. The molecule has 1 aliphatic rings. The lowest BCUT2D eigenvalue weighted by Gasteiger charge is -2.41. The lowest BCUT2D eigenvalue weighted by Crippen LogP contribution is -2.64. The first kappa shape index (κ1) is 82.3. The summed E-state index contributed by atoms with van der Waals surface area (Å²) >= 11 is 0. The summed E-state index contributed by atoms with van der Waals surface area (Å²) in [6.07, 6.45) is 3.54. The van der Waals surface area contributed by atoms with E-state index in [1.54, 1.807) is 67.5 Å². The first-order chi connectivity index (χ1) is 42.2. The molecular formula is C65H116N12O14. The Balaban J connectivity index is 4.44. The molecular weight excluding hydrogens is 1170 g/mol. The van der Waals surface area contributed by atoms with Crippen LogP contribution < -0.4 is 21.3 Å². The fourth-order valence-electron chi connectivity index (χ4n) is 11.3. The zero-order chi connectivity index (χ0) is 70.4. The van der Waals surface area contributed by atoms with Crippen LogP contribution in [0.4, 0.5) is 0 Å². The van der Waals surface area contributed by atoms with Crippen molar-refractivity contribution in [3.63, 3.8) is 0 Å². The molecule has 11 amide bonds. The average Bonchev–Trinajstić information content (AvgIpc) is 0.869. The molecule has 520 valence electrons. The maximum atomic E-state index is 15.2. The number of aliphatic hydroxyl groups excluding tert-OH is 1. The Morgan fingerprint density at radius 2 is 0.967 bits per heavy atom. The van der Waals surface area contributed by atoms with Gasteiger partial charge >= 0.3 is 0 Å². The molecule has 1 heterocycles. The zero-order valence-electron chi connectivity index (χ0n) is 59.2. The van der Waals surface area contributed by atoms with E-state index in [0.29, 0.717) is 12.8 Å². The number of hydrogen-bond donors (Lipinski definition) is 6. The Labute approximate surface area is 542 Å². The van der Waals surface area contributed by atoms with Gasteiger partial charge in [-0.05, 0) is 115 Å². The Morgan fingerprint density at radius 3 is 1.45 bits per heavy atom. The number of carbonyl (C=O) groups excluding carboxylic acids is 11. The van der Waals surface area contributed by atoms with Crippen LogP contribution in [0, 0.1) is 35.5 Å². The highest BCUT2D eigenvalue weighted by molar-refractivity contribution is 6.00. The zero-order valence-corrected chi connectivity index (χ0v) is 59.2.